The Hall–Kier alpha value is -1.61. The maximum Gasteiger partial charge on any atom is 0.335 e. The third-order valence-corrected chi connectivity index (χ3v) is 3.92. The highest BCUT2D eigenvalue weighted by atomic mass is 16.5. The molecule has 0 N–H and O–H groups in total. The number of hydrogen-bond acceptors (Lipinski definition) is 3. The minimum absolute atomic E-state index is 0.255. The Labute approximate surface area is 140 Å². The molecule has 0 amide bonds. The van der Waals surface area contributed by atoms with E-state index in [1.54, 1.807) is 0 Å². The first-order chi connectivity index (χ1) is 11.2. The lowest BCUT2D eigenvalue weighted by Crippen LogP contribution is -2.12. The molecule has 0 heterocycles. The molecule has 0 aliphatic rings. The summed E-state index contributed by atoms with van der Waals surface area (Å²) >= 11 is 0. The van der Waals surface area contributed by atoms with Crippen LogP contribution in [0.15, 0.2) is 36.9 Å². The molecule has 0 fully saturated rings. The van der Waals surface area contributed by atoms with Crippen molar-refractivity contribution in [1.29, 1.82) is 0 Å². The molecule has 0 spiro atoms. The van der Waals surface area contributed by atoms with Gasteiger partial charge in [0.15, 0.2) is 0 Å². The zero-order valence-corrected chi connectivity index (χ0v) is 14.6. The van der Waals surface area contributed by atoms with Crippen LogP contribution in [0.4, 0.5) is 0 Å². The second kappa shape index (κ2) is 11.9. The van der Waals surface area contributed by atoms with Crippen molar-refractivity contribution in [3.8, 4) is 5.75 Å². The molecule has 0 bridgehead atoms. The molecule has 1 aromatic carbocycles. The number of esters is 1. The van der Waals surface area contributed by atoms with Crippen LogP contribution in [0, 0.1) is 0 Å². The molecule has 3 nitrogen and oxygen atoms in total. The average molecular weight is 318 g/mol. The van der Waals surface area contributed by atoms with Gasteiger partial charge in [0.2, 0.25) is 0 Å². The van der Waals surface area contributed by atoms with Crippen LogP contribution in [0.5, 0.6) is 5.75 Å². The van der Waals surface area contributed by atoms with Gasteiger partial charge in [0, 0.05) is 24.2 Å². The van der Waals surface area contributed by atoms with Crippen LogP contribution in [0.1, 0.15) is 63.9 Å². The lowest BCUT2D eigenvalue weighted by atomic mass is 9.92. The summed E-state index contributed by atoms with van der Waals surface area (Å²) in [5.74, 6) is 0.455. The summed E-state index contributed by atoms with van der Waals surface area (Å²) in [5, 5.41) is 0. The first kappa shape index (κ1) is 19.4. The smallest absolute Gasteiger partial charge is 0.335 e. The fourth-order valence-electron chi connectivity index (χ4n) is 2.64. The van der Waals surface area contributed by atoms with Crippen LogP contribution in [0.3, 0.4) is 0 Å². The second-order valence-corrected chi connectivity index (χ2v) is 5.72. The summed E-state index contributed by atoms with van der Waals surface area (Å²) in [6.07, 6.45) is 8.48. The van der Waals surface area contributed by atoms with E-state index in [0.29, 0.717) is 19.0 Å². The molecule has 0 aliphatic carbocycles. The molecule has 0 radical (unpaired) electrons. The summed E-state index contributed by atoms with van der Waals surface area (Å²) < 4.78 is 11.0. The minimum atomic E-state index is -0.421. The van der Waals surface area contributed by atoms with E-state index in [2.05, 4.69) is 13.5 Å². The van der Waals surface area contributed by atoms with Gasteiger partial charge in [-0.25, -0.2) is 4.79 Å². The maximum absolute atomic E-state index is 11.5. The van der Waals surface area contributed by atoms with Crippen molar-refractivity contribution in [3.05, 3.63) is 42.5 Å². The molecule has 0 saturated carbocycles. The van der Waals surface area contributed by atoms with Crippen molar-refractivity contribution in [3.63, 3.8) is 0 Å². The topological polar surface area (TPSA) is 35.5 Å². The normalized spacial score (nSPS) is 11.9. The lowest BCUT2D eigenvalue weighted by Gasteiger charge is -2.20. The van der Waals surface area contributed by atoms with E-state index in [1.807, 2.05) is 31.2 Å². The largest absolute Gasteiger partial charge is 0.423 e. The monoisotopic (exact) mass is 318 g/mol. The SMILES string of the molecule is C=CC(=O)Oc1ccccc1C(CCCCCCC)COCC. The Kier molecular flexibility index (Phi) is 10.0. The molecular weight excluding hydrogens is 288 g/mol. The minimum Gasteiger partial charge on any atom is -0.423 e. The van der Waals surface area contributed by atoms with Crippen LogP contribution < -0.4 is 4.74 Å². The highest BCUT2D eigenvalue weighted by molar-refractivity contribution is 5.83. The number of ether oxygens (including phenoxy) is 2. The van der Waals surface area contributed by atoms with Crippen molar-refractivity contribution < 1.29 is 14.3 Å². The van der Waals surface area contributed by atoms with E-state index in [0.717, 1.165) is 12.0 Å². The first-order valence-electron chi connectivity index (χ1n) is 8.73. The molecule has 1 unspecified atom stereocenters. The third-order valence-electron chi connectivity index (χ3n) is 3.92. The summed E-state index contributed by atoms with van der Waals surface area (Å²) in [4.78, 5) is 11.5. The Morgan fingerprint density at radius 1 is 1.17 bits per heavy atom. The summed E-state index contributed by atoms with van der Waals surface area (Å²) in [6, 6.07) is 7.74. The number of benzene rings is 1. The van der Waals surface area contributed by atoms with Gasteiger partial charge in [-0.15, -0.1) is 0 Å². The first-order valence-corrected chi connectivity index (χ1v) is 8.73. The van der Waals surface area contributed by atoms with E-state index in [1.165, 1.54) is 38.2 Å². The van der Waals surface area contributed by atoms with Crippen molar-refractivity contribution in [2.45, 2.75) is 58.3 Å². The zero-order valence-electron chi connectivity index (χ0n) is 14.6. The molecule has 0 saturated heterocycles. The van der Waals surface area contributed by atoms with Crippen LogP contribution >= 0.6 is 0 Å². The molecule has 1 rings (SSSR count). The number of rotatable bonds is 12. The molecule has 0 aromatic heterocycles. The van der Waals surface area contributed by atoms with Gasteiger partial charge in [0.25, 0.3) is 0 Å². The summed E-state index contributed by atoms with van der Waals surface area (Å²) in [5.41, 5.74) is 1.05. The highest BCUT2D eigenvalue weighted by Crippen LogP contribution is 2.31. The predicted octanol–water partition coefficient (Wildman–Crippen LogP) is 5.26. The number of para-hydroxylation sites is 1. The van der Waals surface area contributed by atoms with Gasteiger partial charge in [-0.2, -0.15) is 0 Å². The van der Waals surface area contributed by atoms with Gasteiger partial charge in [0.1, 0.15) is 5.75 Å². The Balaban J connectivity index is 2.75. The van der Waals surface area contributed by atoms with E-state index >= 15 is 0 Å². The predicted molar refractivity (Wildman–Crippen MR) is 94.9 cm³/mol. The van der Waals surface area contributed by atoms with Crippen molar-refractivity contribution >= 4 is 5.97 Å². The Morgan fingerprint density at radius 3 is 2.61 bits per heavy atom. The van der Waals surface area contributed by atoms with E-state index < -0.39 is 5.97 Å². The van der Waals surface area contributed by atoms with Gasteiger partial charge in [-0.1, -0.05) is 63.8 Å². The molecule has 1 atom stereocenters. The van der Waals surface area contributed by atoms with Gasteiger partial charge in [-0.3, -0.25) is 0 Å². The van der Waals surface area contributed by atoms with Gasteiger partial charge >= 0.3 is 5.97 Å². The lowest BCUT2D eigenvalue weighted by molar-refractivity contribution is -0.129. The van der Waals surface area contributed by atoms with Crippen molar-refractivity contribution in [2.24, 2.45) is 0 Å². The van der Waals surface area contributed by atoms with Gasteiger partial charge < -0.3 is 9.47 Å². The van der Waals surface area contributed by atoms with Crippen LogP contribution in [0.25, 0.3) is 0 Å². The van der Waals surface area contributed by atoms with Gasteiger partial charge in [0.05, 0.1) is 6.61 Å². The molecule has 3 heteroatoms. The number of hydrogen-bond donors (Lipinski definition) is 0. The Morgan fingerprint density at radius 2 is 1.91 bits per heavy atom. The number of unbranched alkanes of at least 4 members (excludes halogenated alkanes) is 4. The van der Waals surface area contributed by atoms with E-state index in [-0.39, 0.29) is 5.92 Å². The standard InChI is InChI=1S/C20H30O3/c1-4-7-8-9-10-13-17(16-22-6-3)18-14-11-12-15-19(18)23-20(21)5-2/h5,11-12,14-15,17H,2,4,6-10,13,16H2,1,3H3. The average Bonchev–Trinajstić information content (AvgIpc) is 2.58. The second-order valence-electron chi connectivity index (χ2n) is 5.72. The third kappa shape index (κ3) is 7.47. The van der Waals surface area contributed by atoms with Crippen molar-refractivity contribution in [2.75, 3.05) is 13.2 Å². The van der Waals surface area contributed by atoms with E-state index in [9.17, 15) is 4.79 Å². The maximum atomic E-state index is 11.5. The summed E-state index contributed by atoms with van der Waals surface area (Å²) in [6.45, 7) is 9.04. The van der Waals surface area contributed by atoms with Crippen LogP contribution in [-0.2, 0) is 9.53 Å². The fraction of sp³-hybridized carbons (Fsp3) is 0.550. The van der Waals surface area contributed by atoms with Crippen molar-refractivity contribution in [1.82, 2.24) is 0 Å². The van der Waals surface area contributed by atoms with Crippen LogP contribution in [0.2, 0.25) is 0 Å². The Bertz CT molecular complexity index is 468. The zero-order chi connectivity index (χ0) is 16.9. The number of carbonyl (C=O) groups is 1. The summed E-state index contributed by atoms with van der Waals surface area (Å²) in [7, 11) is 0. The van der Waals surface area contributed by atoms with Crippen LogP contribution in [-0.4, -0.2) is 19.2 Å². The molecule has 128 valence electrons. The number of carbonyl (C=O) groups excluding carboxylic acids is 1. The molecular formula is C20H30O3. The quantitative estimate of drug-likeness (QED) is 0.228. The molecule has 23 heavy (non-hydrogen) atoms. The highest BCUT2D eigenvalue weighted by Gasteiger charge is 2.17. The fourth-order valence-corrected chi connectivity index (χ4v) is 2.64. The van der Waals surface area contributed by atoms with E-state index in [4.69, 9.17) is 9.47 Å². The molecule has 0 aliphatic heterocycles. The molecule has 1 aromatic rings. The van der Waals surface area contributed by atoms with Gasteiger partial charge in [-0.05, 0) is 19.4 Å².